The zero-order chi connectivity index (χ0) is 14.7. The van der Waals surface area contributed by atoms with Crippen LogP contribution in [0.15, 0.2) is 81.7 Å². The lowest BCUT2D eigenvalue weighted by atomic mass is 10.1. The van der Waals surface area contributed by atoms with Crippen molar-refractivity contribution in [3.05, 3.63) is 72.3 Å². The number of fused-ring (bicyclic) bond motifs is 1. The summed E-state index contributed by atoms with van der Waals surface area (Å²) in [6.45, 7) is 0. The van der Waals surface area contributed by atoms with Gasteiger partial charge in [0.05, 0.1) is 0 Å². The van der Waals surface area contributed by atoms with Gasteiger partial charge >= 0.3 is 0 Å². The molecule has 3 aromatic rings. The van der Waals surface area contributed by atoms with Gasteiger partial charge in [-0.05, 0) is 29.0 Å². The van der Waals surface area contributed by atoms with Crippen LogP contribution in [-0.2, 0) is 0 Å². The van der Waals surface area contributed by atoms with E-state index in [-0.39, 0.29) is 5.84 Å². The number of nitrogens with two attached hydrogens (primary N) is 1. The topological polar surface area (TPSA) is 58.6 Å². The molecule has 21 heavy (non-hydrogen) atoms. The van der Waals surface area contributed by atoms with E-state index >= 15 is 0 Å². The van der Waals surface area contributed by atoms with E-state index in [9.17, 15) is 0 Å². The lowest BCUT2D eigenvalue weighted by molar-refractivity contribution is 0.318. The molecule has 0 fully saturated rings. The third-order valence-electron chi connectivity index (χ3n) is 3.22. The fourth-order valence-electron chi connectivity index (χ4n) is 2.18. The fraction of sp³-hybridized carbons (Fsp3) is 0. The number of nitrogens with zero attached hydrogens (tertiary/aromatic N) is 1. The minimum atomic E-state index is 0.124. The minimum absolute atomic E-state index is 0.124. The summed E-state index contributed by atoms with van der Waals surface area (Å²) in [6.07, 6.45) is 0. The van der Waals surface area contributed by atoms with Crippen LogP contribution in [0.1, 0.15) is 5.56 Å². The highest BCUT2D eigenvalue weighted by Crippen LogP contribution is 2.32. The first kappa shape index (κ1) is 13.5. The molecular weight excluding hydrogens is 280 g/mol. The molecule has 0 heterocycles. The number of hydrogen-bond acceptors (Lipinski definition) is 3. The number of oxime groups is 1. The van der Waals surface area contributed by atoms with E-state index in [2.05, 4.69) is 35.5 Å². The van der Waals surface area contributed by atoms with E-state index < -0.39 is 0 Å². The molecule has 3 rings (SSSR count). The summed E-state index contributed by atoms with van der Waals surface area (Å²) in [6, 6.07) is 22.2. The van der Waals surface area contributed by atoms with Crippen LogP contribution in [0.2, 0.25) is 0 Å². The van der Waals surface area contributed by atoms with E-state index in [0.29, 0.717) is 0 Å². The second-order valence-electron chi connectivity index (χ2n) is 4.59. The van der Waals surface area contributed by atoms with Crippen molar-refractivity contribution in [3.8, 4) is 0 Å². The van der Waals surface area contributed by atoms with E-state index in [1.165, 1.54) is 10.8 Å². The van der Waals surface area contributed by atoms with Crippen LogP contribution in [0.4, 0.5) is 0 Å². The Hall–Kier alpha value is -2.46. The number of benzene rings is 3. The quantitative estimate of drug-likeness (QED) is 0.331. The summed E-state index contributed by atoms with van der Waals surface area (Å²) in [5, 5.41) is 14.4. The Labute approximate surface area is 127 Å². The maximum absolute atomic E-state index is 8.87. The normalized spacial score (nSPS) is 11.7. The summed E-state index contributed by atoms with van der Waals surface area (Å²) >= 11 is 1.60. The average Bonchev–Trinajstić information content (AvgIpc) is 2.54. The maximum atomic E-state index is 8.87. The first-order valence-corrected chi connectivity index (χ1v) is 7.33. The van der Waals surface area contributed by atoms with Crippen molar-refractivity contribution >= 4 is 28.4 Å². The van der Waals surface area contributed by atoms with Crippen molar-refractivity contribution < 1.29 is 5.21 Å². The van der Waals surface area contributed by atoms with Crippen molar-refractivity contribution in [1.29, 1.82) is 0 Å². The van der Waals surface area contributed by atoms with E-state index in [4.69, 9.17) is 10.9 Å². The summed E-state index contributed by atoms with van der Waals surface area (Å²) < 4.78 is 0. The summed E-state index contributed by atoms with van der Waals surface area (Å²) in [5.41, 5.74) is 6.46. The molecule has 0 radical (unpaired) electrons. The van der Waals surface area contributed by atoms with Crippen molar-refractivity contribution in [2.45, 2.75) is 9.79 Å². The molecule has 0 saturated heterocycles. The molecule has 3 aromatic carbocycles. The Morgan fingerprint density at radius 3 is 2.43 bits per heavy atom. The molecule has 4 heteroatoms. The SMILES string of the molecule is N/C(=N\O)c1ccccc1Sc1ccc2ccccc2c1. The lowest BCUT2D eigenvalue weighted by Crippen LogP contribution is -2.13. The molecule has 3 nitrogen and oxygen atoms in total. The van der Waals surface area contributed by atoms with Gasteiger partial charge in [0.2, 0.25) is 0 Å². The van der Waals surface area contributed by atoms with Crippen molar-refractivity contribution in [3.63, 3.8) is 0 Å². The number of rotatable bonds is 3. The molecule has 3 N–H and O–H groups in total. The van der Waals surface area contributed by atoms with Crippen LogP contribution in [-0.4, -0.2) is 11.0 Å². The van der Waals surface area contributed by atoms with Crippen molar-refractivity contribution in [1.82, 2.24) is 0 Å². The molecule has 0 aliphatic carbocycles. The van der Waals surface area contributed by atoms with Crippen molar-refractivity contribution in [2.75, 3.05) is 0 Å². The maximum Gasteiger partial charge on any atom is 0.171 e. The molecule has 0 atom stereocenters. The molecule has 0 saturated carbocycles. The van der Waals surface area contributed by atoms with Gasteiger partial charge in [-0.1, -0.05) is 65.4 Å². The van der Waals surface area contributed by atoms with Crippen LogP contribution >= 0.6 is 11.8 Å². The van der Waals surface area contributed by atoms with Gasteiger partial charge in [0.15, 0.2) is 5.84 Å². The van der Waals surface area contributed by atoms with Gasteiger partial charge in [0.1, 0.15) is 0 Å². The van der Waals surface area contributed by atoms with E-state index in [0.717, 1.165) is 15.4 Å². The Kier molecular flexibility index (Phi) is 3.79. The standard InChI is InChI=1S/C17H14N2OS/c18-17(19-20)15-7-3-4-8-16(15)21-14-10-9-12-5-1-2-6-13(12)11-14/h1-11,20H,(H2,18,19). The van der Waals surface area contributed by atoms with Gasteiger partial charge < -0.3 is 10.9 Å². The Morgan fingerprint density at radius 2 is 1.62 bits per heavy atom. The Bertz CT molecular complexity index is 815. The molecule has 0 aliphatic rings. The summed E-state index contributed by atoms with van der Waals surface area (Å²) in [5.74, 6) is 0.124. The van der Waals surface area contributed by atoms with Crippen LogP contribution in [0, 0.1) is 0 Å². The first-order valence-electron chi connectivity index (χ1n) is 6.51. The predicted molar refractivity (Wildman–Crippen MR) is 87.0 cm³/mol. The van der Waals surface area contributed by atoms with E-state index in [1.54, 1.807) is 11.8 Å². The number of hydrogen-bond donors (Lipinski definition) is 2. The second kappa shape index (κ2) is 5.89. The highest BCUT2D eigenvalue weighted by atomic mass is 32.2. The third kappa shape index (κ3) is 2.85. The van der Waals surface area contributed by atoms with E-state index in [1.807, 2.05) is 36.4 Å². The molecule has 0 bridgehead atoms. The van der Waals surface area contributed by atoms with Crippen LogP contribution in [0.5, 0.6) is 0 Å². The van der Waals surface area contributed by atoms with Gasteiger partial charge in [-0.2, -0.15) is 0 Å². The molecule has 0 aromatic heterocycles. The molecule has 0 unspecified atom stereocenters. The molecule has 0 aliphatic heterocycles. The average molecular weight is 294 g/mol. The monoisotopic (exact) mass is 294 g/mol. The highest BCUT2D eigenvalue weighted by molar-refractivity contribution is 7.99. The Balaban J connectivity index is 1.99. The smallest absolute Gasteiger partial charge is 0.171 e. The van der Waals surface area contributed by atoms with Gasteiger partial charge in [0, 0.05) is 15.4 Å². The predicted octanol–water partition coefficient (Wildman–Crippen LogP) is 4.09. The minimum Gasteiger partial charge on any atom is -0.409 e. The van der Waals surface area contributed by atoms with Gasteiger partial charge in [-0.25, -0.2) is 0 Å². The van der Waals surface area contributed by atoms with Crippen LogP contribution in [0.25, 0.3) is 10.8 Å². The van der Waals surface area contributed by atoms with Gasteiger partial charge in [0.25, 0.3) is 0 Å². The zero-order valence-electron chi connectivity index (χ0n) is 11.2. The van der Waals surface area contributed by atoms with Gasteiger partial charge in [-0.3, -0.25) is 0 Å². The first-order chi connectivity index (χ1) is 10.3. The highest BCUT2D eigenvalue weighted by Gasteiger charge is 2.08. The Morgan fingerprint density at radius 1 is 0.905 bits per heavy atom. The van der Waals surface area contributed by atoms with Crippen molar-refractivity contribution in [2.24, 2.45) is 10.9 Å². The molecule has 104 valence electrons. The summed E-state index contributed by atoms with van der Waals surface area (Å²) in [4.78, 5) is 2.08. The fourth-order valence-corrected chi connectivity index (χ4v) is 3.18. The largest absolute Gasteiger partial charge is 0.409 e. The summed E-state index contributed by atoms with van der Waals surface area (Å²) in [7, 11) is 0. The molecule has 0 amide bonds. The zero-order valence-corrected chi connectivity index (χ0v) is 12.0. The molecule has 0 spiro atoms. The van der Waals surface area contributed by atoms with Gasteiger partial charge in [-0.15, -0.1) is 0 Å². The second-order valence-corrected chi connectivity index (χ2v) is 5.71. The molecular formula is C17H14N2OS. The van der Waals surface area contributed by atoms with Crippen LogP contribution in [0.3, 0.4) is 0 Å². The lowest BCUT2D eigenvalue weighted by Gasteiger charge is -2.08. The third-order valence-corrected chi connectivity index (χ3v) is 4.29. The number of amidine groups is 1. The van der Waals surface area contributed by atoms with Crippen LogP contribution < -0.4 is 5.73 Å².